The van der Waals surface area contributed by atoms with Crippen molar-refractivity contribution in [1.82, 2.24) is 4.90 Å². The van der Waals surface area contributed by atoms with Gasteiger partial charge < -0.3 is 29.5 Å². The second-order valence-electron chi connectivity index (χ2n) is 11.8. The number of halogens is 1. The Kier molecular flexibility index (Phi) is 9.14. The number of carbonyl (C=O) groups is 1. The first-order valence-electron chi connectivity index (χ1n) is 14.7. The molecule has 1 saturated heterocycles. The Morgan fingerprint density at radius 2 is 1.69 bits per heavy atom. The molecule has 0 radical (unpaired) electrons. The van der Waals surface area contributed by atoms with Gasteiger partial charge in [0.2, 0.25) is 5.91 Å². The summed E-state index contributed by atoms with van der Waals surface area (Å²) in [6, 6.07) is 18.9. The maximum atomic E-state index is 13.8. The minimum Gasteiger partial charge on any atom is -0.493 e. The number of nitrogens with zero attached hydrogens (tertiary/aromatic N) is 2. The van der Waals surface area contributed by atoms with Gasteiger partial charge in [-0.15, -0.1) is 0 Å². The van der Waals surface area contributed by atoms with Crippen molar-refractivity contribution in [2.75, 3.05) is 38.3 Å². The van der Waals surface area contributed by atoms with E-state index in [0.29, 0.717) is 23.1 Å². The third kappa shape index (κ3) is 6.16. The predicted molar refractivity (Wildman–Crippen MR) is 166 cm³/mol. The third-order valence-corrected chi connectivity index (χ3v) is 8.92. The number of rotatable bonds is 9. The Balaban J connectivity index is 1.51. The molecule has 0 spiro atoms. The van der Waals surface area contributed by atoms with Gasteiger partial charge in [-0.2, -0.15) is 0 Å². The van der Waals surface area contributed by atoms with Crippen molar-refractivity contribution in [3.05, 3.63) is 87.9 Å². The smallest absolute Gasteiger partial charge is 0.232 e. The molecule has 2 N–H and O–H groups in total. The van der Waals surface area contributed by atoms with Gasteiger partial charge in [-0.3, -0.25) is 4.79 Å². The van der Waals surface area contributed by atoms with Gasteiger partial charge >= 0.3 is 0 Å². The molecule has 8 heteroatoms. The highest BCUT2D eigenvalue weighted by Crippen LogP contribution is 2.44. The molecule has 2 atom stereocenters. The van der Waals surface area contributed by atoms with Gasteiger partial charge in [-0.25, -0.2) is 0 Å². The van der Waals surface area contributed by atoms with Gasteiger partial charge in [0.1, 0.15) is 0 Å². The van der Waals surface area contributed by atoms with E-state index in [2.05, 4.69) is 4.90 Å². The van der Waals surface area contributed by atoms with E-state index in [1.54, 1.807) is 7.11 Å². The van der Waals surface area contributed by atoms with Crippen molar-refractivity contribution < 1.29 is 24.5 Å². The van der Waals surface area contributed by atoms with Crippen LogP contribution in [-0.4, -0.2) is 60.5 Å². The highest BCUT2D eigenvalue weighted by molar-refractivity contribution is 6.30. The minimum atomic E-state index is -1.00. The number of fused-ring (bicyclic) bond motifs is 1. The molecule has 1 fully saturated rings. The van der Waals surface area contributed by atoms with Crippen molar-refractivity contribution >= 4 is 23.2 Å². The van der Waals surface area contributed by atoms with Crippen LogP contribution in [0.15, 0.2) is 60.7 Å². The second kappa shape index (κ2) is 12.6. The number of aliphatic hydroxyl groups is 2. The average molecular weight is 593 g/mol. The lowest BCUT2D eigenvalue weighted by Gasteiger charge is -2.40. The van der Waals surface area contributed by atoms with E-state index in [4.69, 9.17) is 21.1 Å². The van der Waals surface area contributed by atoms with Crippen LogP contribution in [-0.2, 0) is 16.8 Å². The number of β-amino-alcohol motifs (C(OH)–C–C–N with tert-alkyl or cyclic N) is 1. The molecule has 5 rings (SSSR count). The Hall–Kier alpha value is -3.10. The van der Waals surface area contributed by atoms with Crippen LogP contribution in [0.2, 0.25) is 5.02 Å². The number of ether oxygens (including phenoxy) is 2. The van der Waals surface area contributed by atoms with E-state index >= 15 is 0 Å². The fourth-order valence-electron chi connectivity index (χ4n) is 6.38. The highest BCUT2D eigenvalue weighted by atomic mass is 35.5. The van der Waals surface area contributed by atoms with Gasteiger partial charge in [-0.05, 0) is 111 Å². The van der Waals surface area contributed by atoms with E-state index in [-0.39, 0.29) is 31.0 Å². The van der Waals surface area contributed by atoms with E-state index in [9.17, 15) is 15.0 Å². The summed E-state index contributed by atoms with van der Waals surface area (Å²) in [4.78, 5) is 17.9. The first kappa shape index (κ1) is 30.4. The summed E-state index contributed by atoms with van der Waals surface area (Å²) in [5.41, 5.74) is 3.38. The van der Waals surface area contributed by atoms with Crippen molar-refractivity contribution in [2.45, 2.75) is 57.8 Å². The van der Waals surface area contributed by atoms with Crippen molar-refractivity contribution in [1.29, 1.82) is 0 Å². The predicted octanol–water partition coefficient (Wildman–Crippen LogP) is 5.73. The number of hydrogen-bond acceptors (Lipinski definition) is 6. The van der Waals surface area contributed by atoms with Crippen LogP contribution in [0.1, 0.15) is 61.9 Å². The number of amides is 1. The number of hydrogen-bond donors (Lipinski definition) is 2. The molecule has 0 aliphatic carbocycles. The fourth-order valence-corrected chi connectivity index (χ4v) is 6.51. The molecular formula is C34H41ClN2O5. The summed E-state index contributed by atoms with van der Waals surface area (Å²) >= 11 is 6.25. The summed E-state index contributed by atoms with van der Waals surface area (Å²) in [5, 5.41) is 21.5. The summed E-state index contributed by atoms with van der Waals surface area (Å²) < 4.78 is 11.7. The van der Waals surface area contributed by atoms with Gasteiger partial charge in [0.15, 0.2) is 11.5 Å². The van der Waals surface area contributed by atoms with E-state index in [0.717, 1.165) is 53.9 Å². The second-order valence-corrected chi connectivity index (χ2v) is 12.2. The molecule has 3 aromatic carbocycles. The first-order valence-corrected chi connectivity index (χ1v) is 15.1. The molecule has 0 bridgehead atoms. The largest absolute Gasteiger partial charge is 0.493 e. The Morgan fingerprint density at radius 3 is 2.29 bits per heavy atom. The molecule has 0 saturated carbocycles. The number of carbonyl (C=O) groups excluding carboxylic acids is 1. The summed E-state index contributed by atoms with van der Waals surface area (Å²) in [5.74, 6) is 1.32. The number of benzene rings is 3. The third-order valence-electron chi connectivity index (χ3n) is 8.67. The van der Waals surface area contributed by atoms with Gasteiger partial charge in [0.25, 0.3) is 0 Å². The van der Waals surface area contributed by atoms with Crippen LogP contribution < -0.4 is 14.4 Å². The van der Waals surface area contributed by atoms with E-state index in [1.165, 1.54) is 0 Å². The maximum Gasteiger partial charge on any atom is 0.232 e. The topological polar surface area (TPSA) is 82.5 Å². The summed E-state index contributed by atoms with van der Waals surface area (Å²) in [6.07, 6.45) is 1.90. The van der Waals surface area contributed by atoms with E-state index in [1.807, 2.05) is 86.3 Å². The zero-order valence-corrected chi connectivity index (χ0v) is 25.6. The lowest BCUT2D eigenvalue weighted by atomic mass is 9.77. The zero-order chi connectivity index (χ0) is 30.0. The SMILES string of the molecule is COc1cc2c(cc1OC(C)C)[C@H](c1ccc(Cl)cc1)N(c1ccc(C(C)(O)C3CCN(CCO)CC3)cc1)C(=O)C2. The van der Waals surface area contributed by atoms with Crippen molar-refractivity contribution in [2.24, 2.45) is 5.92 Å². The summed E-state index contributed by atoms with van der Waals surface area (Å²) in [6.45, 7) is 8.37. The molecule has 224 valence electrons. The van der Waals surface area contributed by atoms with Crippen LogP contribution in [0, 0.1) is 5.92 Å². The van der Waals surface area contributed by atoms with Gasteiger partial charge in [-0.1, -0.05) is 35.9 Å². The Labute approximate surface area is 253 Å². The molecule has 2 aliphatic rings. The number of likely N-dealkylation sites (tertiary alicyclic amines) is 1. The van der Waals surface area contributed by atoms with Crippen molar-refractivity contribution in [3.63, 3.8) is 0 Å². The average Bonchev–Trinajstić information content (AvgIpc) is 2.97. The lowest BCUT2D eigenvalue weighted by molar-refractivity contribution is -0.118. The van der Waals surface area contributed by atoms with Gasteiger partial charge in [0, 0.05) is 17.3 Å². The van der Waals surface area contributed by atoms with Crippen LogP contribution in [0.3, 0.4) is 0 Å². The zero-order valence-electron chi connectivity index (χ0n) is 24.8. The molecule has 2 heterocycles. The van der Waals surface area contributed by atoms with Crippen molar-refractivity contribution in [3.8, 4) is 11.5 Å². The molecule has 3 aromatic rings. The van der Waals surface area contributed by atoms with Crippen LogP contribution >= 0.6 is 11.6 Å². The van der Waals surface area contributed by atoms with Crippen LogP contribution in [0.4, 0.5) is 5.69 Å². The number of methoxy groups -OCH3 is 1. The molecule has 42 heavy (non-hydrogen) atoms. The number of piperidine rings is 1. The maximum absolute atomic E-state index is 13.8. The Bertz CT molecular complexity index is 1380. The standard InChI is InChI=1S/C34H41ClN2O5/c1-22(2)42-31-21-29-24(19-30(31)41-4)20-32(39)37(33(29)23-5-9-27(35)10-6-23)28-11-7-25(8-12-28)34(3,40)26-13-15-36(16-14-26)17-18-38/h5-12,19,21-22,26,33,38,40H,13-18,20H2,1-4H3/t33-,34?/m0/s1. The van der Waals surface area contributed by atoms with Crippen LogP contribution in [0.25, 0.3) is 0 Å². The minimum absolute atomic E-state index is 0.0298. The van der Waals surface area contributed by atoms with Gasteiger partial charge in [0.05, 0.1) is 37.9 Å². The number of aliphatic hydroxyl groups excluding tert-OH is 1. The molecule has 2 aliphatic heterocycles. The first-order chi connectivity index (χ1) is 20.1. The fraction of sp³-hybridized carbons (Fsp3) is 0.441. The Morgan fingerprint density at radius 1 is 1.02 bits per heavy atom. The normalized spacial score (nSPS) is 19.5. The molecule has 0 aromatic heterocycles. The molecule has 1 unspecified atom stereocenters. The van der Waals surface area contributed by atoms with Crippen LogP contribution in [0.5, 0.6) is 11.5 Å². The van der Waals surface area contributed by atoms with E-state index < -0.39 is 11.6 Å². The molecule has 1 amide bonds. The number of anilines is 1. The lowest BCUT2D eigenvalue weighted by Crippen LogP contribution is -2.43. The summed E-state index contributed by atoms with van der Waals surface area (Å²) in [7, 11) is 1.61. The monoisotopic (exact) mass is 592 g/mol. The molecule has 7 nitrogen and oxygen atoms in total. The quantitative estimate of drug-likeness (QED) is 0.330. The molecular weight excluding hydrogens is 552 g/mol. The highest BCUT2D eigenvalue weighted by Gasteiger charge is 2.38.